The molecule has 0 aliphatic rings. The Bertz CT molecular complexity index is 1230. The molecular weight excluding hydrogens is 358 g/mol. The van der Waals surface area contributed by atoms with Crippen LogP contribution in [0.1, 0.15) is 5.56 Å². The molecule has 4 aromatic carbocycles. The Kier molecular flexibility index (Phi) is 4.19. The molecule has 1 nitrogen and oxygen atoms in total. The molecule has 1 heterocycles. The maximum atomic E-state index is 3.89. The van der Waals surface area contributed by atoms with Gasteiger partial charge in [0.05, 0.1) is 0 Å². The van der Waals surface area contributed by atoms with Crippen LogP contribution in [0.15, 0.2) is 104 Å². The summed E-state index contributed by atoms with van der Waals surface area (Å²) >= 11 is 1.84. The van der Waals surface area contributed by atoms with Gasteiger partial charge >= 0.3 is 0 Å². The number of fused-ring (bicyclic) bond motifs is 3. The van der Waals surface area contributed by atoms with Gasteiger partial charge < -0.3 is 4.90 Å². The topological polar surface area (TPSA) is 3.24 Å². The molecule has 0 bridgehead atoms. The fourth-order valence-corrected chi connectivity index (χ4v) is 4.84. The van der Waals surface area contributed by atoms with Crippen molar-refractivity contribution in [1.82, 2.24) is 0 Å². The van der Waals surface area contributed by atoms with Crippen LogP contribution in [0.3, 0.4) is 0 Å². The normalized spacial score (nSPS) is 11.0. The van der Waals surface area contributed by atoms with E-state index < -0.39 is 0 Å². The van der Waals surface area contributed by atoms with Crippen LogP contribution >= 0.6 is 11.3 Å². The van der Waals surface area contributed by atoms with E-state index in [1.165, 1.54) is 25.9 Å². The highest BCUT2D eigenvalue weighted by molar-refractivity contribution is 7.25. The first-order valence-corrected chi connectivity index (χ1v) is 10.1. The predicted octanol–water partition coefficient (Wildman–Crippen LogP) is 8.17. The lowest BCUT2D eigenvalue weighted by molar-refractivity contribution is 1.29. The van der Waals surface area contributed by atoms with Crippen molar-refractivity contribution in [3.63, 3.8) is 0 Å². The van der Waals surface area contributed by atoms with E-state index in [9.17, 15) is 0 Å². The average molecular weight is 378 g/mol. The number of hydrogen-bond acceptors (Lipinski definition) is 2. The van der Waals surface area contributed by atoms with Crippen molar-refractivity contribution < 1.29 is 0 Å². The van der Waals surface area contributed by atoms with E-state index in [-0.39, 0.29) is 0 Å². The number of thiophene rings is 1. The van der Waals surface area contributed by atoms with Crippen molar-refractivity contribution in [3.8, 4) is 0 Å². The molecule has 0 spiro atoms. The Morgan fingerprint density at radius 1 is 0.607 bits per heavy atom. The van der Waals surface area contributed by atoms with E-state index in [1.54, 1.807) is 0 Å². The summed E-state index contributed by atoms with van der Waals surface area (Å²) in [6, 6.07) is 34.4. The Morgan fingerprint density at radius 2 is 1.18 bits per heavy atom. The molecule has 0 aliphatic carbocycles. The van der Waals surface area contributed by atoms with Gasteiger partial charge in [-0.2, -0.15) is 0 Å². The lowest BCUT2D eigenvalue weighted by Crippen LogP contribution is -2.09. The van der Waals surface area contributed by atoms with Gasteiger partial charge in [0.25, 0.3) is 0 Å². The summed E-state index contributed by atoms with van der Waals surface area (Å²) in [5.41, 5.74) is 4.64. The van der Waals surface area contributed by atoms with Gasteiger partial charge in [-0.1, -0.05) is 67.3 Å². The van der Waals surface area contributed by atoms with Gasteiger partial charge in [0.15, 0.2) is 0 Å². The molecular formula is C26H19NS. The van der Waals surface area contributed by atoms with Gasteiger partial charge in [0, 0.05) is 37.2 Å². The summed E-state index contributed by atoms with van der Waals surface area (Å²) in [5, 5.41) is 2.61. The minimum absolute atomic E-state index is 1.16. The maximum Gasteiger partial charge on any atom is 0.0476 e. The number of nitrogens with zero attached hydrogens (tertiary/aromatic N) is 1. The zero-order chi connectivity index (χ0) is 18.9. The first-order valence-electron chi connectivity index (χ1n) is 9.32. The van der Waals surface area contributed by atoms with Gasteiger partial charge in [-0.15, -0.1) is 11.3 Å². The first-order chi connectivity index (χ1) is 13.8. The fraction of sp³-hybridized carbons (Fsp3) is 0. The first kappa shape index (κ1) is 16.8. The van der Waals surface area contributed by atoms with Crippen LogP contribution in [0.25, 0.3) is 26.2 Å². The Balaban J connectivity index is 1.70. The van der Waals surface area contributed by atoms with Crippen molar-refractivity contribution in [3.05, 3.63) is 109 Å². The Labute approximate surface area is 168 Å². The van der Waals surface area contributed by atoms with Crippen molar-refractivity contribution in [1.29, 1.82) is 0 Å². The molecule has 0 N–H and O–H groups in total. The number of anilines is 3. The number of benzene rings is 4. The maximum absolute atomic E-state index is 3.89. The lowest BCUT2D eigenvalue weighted by Gasteiger charge is -2.25. The van der Waals surface area contributed by atoms with Crippen LogP contribution in [0.5, 0.6) is 0 Å². The highest BCUT2D eigenvalue weighted by Gasteiger charge is 2.14. The number of hydrogen-bond donors (Lipinski definition) is 0. The van der Waals surface area contributed by atoms with E-state index >= 15 is 0 Å². The van der Waals surface area contributed by atoms with Crippen molar-refractivity contribution in [2.45, 2.75) is 0 Å². The predicted molar refractivity (Wildman–Crippen MR) is 124 cm³/mol. The van der Waals surface area contributed by atoms with Gasteiger partial charge in [-0.25, -0.2) is 0 Å². The third-order valence-electron chi connectivity index (χ3n) is 5.00. The van der Waals surface area contributed by atoms with Gasteiger partial charge in [0.2, 0.25) is 0 Å². The second-order valence-electron chi connectivity index (χ2n) is 6.75. The monoisotopic (exact) mass is 377 g/mol. The third-order valence-corrected chi connectivity index (χ3v) is 6.12. The molecule has 0 unspecified atom stereocenters. The third kappa shape index (κ3) is 2.88. The van der Waals surface area contributed by atoms with Gasteiger partial charge in [0.1, 0.15) is 0 Å². The molecule has 1 aromatic heterocycles. The summed E-state index contributed by atoms with van der Waals surface area (Å²) in [7, 11) is 0. The minimum atomic E-state index is 1.16. The zero-order valence-corrected chi connectivity index (χ0v) is 16.2. The van der Waals surface area contributed by atoms with Crippen LogP contribution in [-0.4, -0.2) is 0 Å². The van der Waals surface area contributed by atoms with Crippen LogP contribution < -0.4 is 4.90 Å². The largest absolute Gasteiger partial charge is 0.310 e. The van der Waals surface area contributed by atoms with E-state index in [4.69, 9.17) is 0 Å². The van der Waals surface area contributed by atoms with Gasteiger partial charge in [-0.05, 0) is 48.0 Å². The average Bonchev–Trinajstić information content (AvgIpc) is 3.12. The number of para-hydroxylation sites is 2. The smallest absolute Gasteiger partial charge is 0.0476 e. The van der Waals surface area contributed by atoms with E-state index in [2.05, 4.69) is 109 Å². The zero-order valence-electron chi connectivity index (χ0n) is 15.4. The Morgan fingerprint density at radius 3 is 1.79 bits per heavy atom. The Hall–Kier alpha value is -3.36. The molecule has 0 atom stereocenters. The molecule has 5 aromatic rings. The summed E-state index contributed by atoms with van der Waals surface area (Å²) in [4.78, 5) is 2.30. The minimum Gasteiger partial charge on any atom is -0.310 e. The highest BCUT2D eigenvalue weighted by atomic mass is 32.1. The molecule has 0 amide bonds. The summed E-state index contributed by atoms with van der Waals surface area (Å²) in [5.74, 6) is 0. The van der Waals surface area contributed by atoms with Crippen LogP contribution in [-0.2, 0) is 0 Å². The van der Waals surface area contributed by atoms with Crippen LogP contribution in [0.4, 0.5) is 17.1 Å². The molecule has 0 saturated heterocycles. The second kappa shape index (κ2) is 6.99. The molecule has 0 radical (unpaired) electrons. The fourth-order valence-electron chi connectivity index (χ4n) is 3.65. The lowest BCUT2D eigenvalue weighted by atomic mass is 10.1. The molecule has 0 saturated carbocycles. The van der Waals surface area contributed by atoms with Crippen molar-refractivity contribution >= 4 is 54.6 Å². The quantitative estimate of drug-likeness (QED) is 0.305. The standard InChI is InChI=1S/C26H19NS/c1-2-19-13-15-23-24-16-14-22(18-26(24)28-25(23)17-19)27(20-9-5-3-6-10-20)21-11-7-4-8-12-21/h2-18H,1H2. The van der Waals surface area contributed by atoms with E-state index in [1.807, 2.05) is 17.4 Å². The van der Waals surface area contributed by atoms with E-state index in [0.29, 0.717) is 0 Å². The van der Waals surface area contributed by atoms with Crippen LogP contribution in [0, 0.1) is 0 Å². The van der Waals surface area contributed by atoms with Crippen LogP contribution in [0.2, 0.25) is 0 Å². The van der Waals surface area contributed by atoms with Crippen molar-refractivity contribution in [2.75, 3.05) is 4.90 Å². The highest BCUT2D eigenvalue weighted by Crippen LogP contribution is 2.40. The number of rotatable bonds is 4. The van der Waals surface area contributed by atoms with E-state index in [0.717, 1.165) is 16.9 Å². The SMILES string of the molecule is C=Cc1ccc2c(c1)sc1cc(N(c3ccccc3)c3ccccc3)ccc12. The van der Waals surface area contributed by atoms with Crippen molar-refractivity contribution in [2.24, 2.45) is 0 Å². The summed E-state index contributed by atoms with van der Waals surface area (Å²) < 4.78 is 2.60. The molecule has 0 fully saturated rings. The summed E-state index contributed by atoms with van der Waals surface area (Å²) in [6.45, 7) is 3.89. The molecule has 5 rings (SSSR count). The van der Waals surface area contributed by atoms with Gasteiger partial charge in [-0.3, -0.25) is 0 Å². The summed E-state index contributed by atoms with van der Waals surface area (Å²) in [6.07, 6.45) is 1.90. The molecule has 2 heteroatoms. The molecule has 134 valence electrons. The molecule has 0 aliphatic heterocycles. The second-order valence-corrected chi connectivity index (χ2v) is 7.83. The molecule has 28 heavy (non-hydrogen) atoms.